The van der Waals surface area contributed by atoms with E-state index < -0.39 is 23.9 Å². The maximum absolute atomic E-state index is 12.1. The average molecular weight is 296 g/mol. The van der Waals surface area contributed by atoms with Crippen molar-refractivity contribution in [2.45, 2.75) is 18.9 Å². The fourth-order valence-electron chi connectivity index (χ4n) is 1.59. The Labute approximate surface area is 121 Å². The monoisotopic (exact) mass is 296 g/mol. The minimum Gasteiger partial charge on any atom is -0.494 e. The number of nitrogens with one attached hydrogen (secondary N) is 1. The number of esters is 1. The second-order valence-electron chi connectivity index (χ2n) is 4.06. The van der Waals surface area contributed by atoms with Crippen LogP contribution in [-0.2, 0) is 14.3 Å². The molecule has 21 heavy (non-hydrogen) atoms. The van der Waals surface area contributed by atoms with Gasteiger partial charge in [-0.25, -0.2) is 4.79 Å². The maximum atomic E-state index is 12.1. The van der Waals surface area contributed by atoms with Gasteiger partial charge in [0.05, 0.1) is 26.0 Å². The Morgan fingerprint density at radius 2 is 2.10 bits per heavy atom. The number of rotatable bonds is 7. The van der Waals surface area contributed by atoms with E-state index >= 15 is 0 Å². The van der Waals surface area contributed by atoms with E-state index in [1.165, 1.54) is 32.7 Å². The van der Waals surface area contributed by atoms with Gasteiger partial charge in [-0.3, -0.25) is 14.6 Å². The van der Waals surface area contributed by atoms with Crippen LogP contribution in [0.1, 0.15) is 23.2 Å². The van der Waals surface area contributed by atoms with Crippen molar-refractivity contribution in [3.8, 4) is 5.75 Å². The third kappa shape index (κ3) is 4.75. The first-order chi connectivity index (χ1) is 9.99. The zero-order valence-electron chi connectivity index (χ0n) is 11.7. The summed E-state index contributed by atoms with van der Waals surface area (Å²) in [5, 5.41) is 11.4. The van der Waals surface area contributed by atoms with Crippen molar-refractivity contribution >= 4 is 17.8 Å². The number of carboxylic acids is 1. The van der Waals surface area contributed by atoms with E-state index in [9.17, 15) is 14.4 Å². The van der Waals surface area contributed by atoms with Gasteiger partial charge in [-0.15, -0.1) is 0 Å². The Bertz CT molecular complexity index is 531. The Morgan fingerprint density at radius 1 is 1.38 bits per heavy atom. The molecule has 0 bridgehead atoms. The molecule has 1 rings (SSSR count). The average Bonchev–Trinajstić information content (AvgIpc) is 2.50. The minimum absolute atomic E-state index is 0.0683. The molecule has 1 unspecified atom stereocenters. The fourth-order valence-corrected chi connectivity index (χ4v) is 1.59. The van der Waals surface area contributed by atoms with Crippen molar-refractivity contribution in [1.29, 1.82) is 0 Å². The third-order valence-corrected chi connectivity index (χ3v) is 2.72. The van der Waals surface area contributed by atoms with Gasteiger partial charge in [-0.2, -0.15) is 0 Å². The summed E-state index contributed by atoms with van der Waals surface area (Å²) in [6.07, 6.45) is 2.56. The summed E-state index contributed by atoms with van der Waals surface area (Å²) in [4.78, 5) is 38.0. The molecule has 1 aromatic rings. The molecule has 0 aromatic carbocycles. The van der Waals surface area contributed by atoms with Gasteiger partial charge in [0.15, 0.2) is 0 Å². The second kappa shape index (κ2) is 7.83. The standard InChI is InChI=1S/C13H16N2O6/c1-20-10-7-14-6-5-8(10)12(17)15-9(13(18)19)3-4-11(16)21-2/h5-7,9H,3-4H2,1-2H3,(H,15,17)(H,18,19). The molecule has 2 N–H and O–H groups in total. The highest BCUT2D eigenvalue weighted by Crippen LogP contribution is 2.15. The number of carbonyl (C=O) groups excluding carboxylic acids is 2. The Balaban J connectivity index is 2.76. The van der Waals surface area contributed by atoms with Crippen LogP contribution in [0.5, 0.6) is 5.75 Å². The van der Waals surface area contributed by atoms with Crippen LogP contribution in [0.25, 0.3) is 0 Å². The van der Waals surface area contributed by atoms with Gasteiger partial charge in [0, 0.05) is 12.6 Å². The molecule has 0 fully saturated rings. The first-order valence-corrected chi connectivity index (χ1v) is 6.08. The summed E-state index contributed by atoms with van der Waals surface area (Å²) in [5.74, 6) is -2.17. The van der Waals surface area contributed by atoms with Crippen LogP contribution in [0.3, 0.4) is 0 Å². The highest BCUT2D eigenvalue weighted by molar-refractivity contribution is 5.98. The van der Waals surface area contributed by atoms with Gasteiger partial charge in [-0.05, 0) is 12.5 Å². The number of pyridine rings is 1. The van der Waals surface area contributed by atoms with E-state index in [-0.39, 0.29) is 24.2 Å². The lowest BCUT2D eigenvalue weighted by Crippen LogP contribution is -2.41. The molecule has 1 amide bonds. The van der Waals surface area contributed by atoms with Crippen LogP contribution in [0.15, 0.2) is 18.5 Å². The molecule has 1 aromatic heterocycles. The predicted molar refractivity (Wildman–Crippen MR) is 70.9 cm³/mol. The molecule has 0 saturated carbocycles. The van der Waals surface area contributed by atoms with E-state index in [0.29, 0.717) is 0 Å². The summed E-state index contributed by atoms with van der Waals surface area (Å²) < 4.78 is 9.41. The first-order valence-electron chi connectivity index (χ1n) is 6.08. The van der Waals surface area contributed by atoms with Crippen molar-refractivity contribution in [1.82, 2.24) is 10.3 Å². The van der Waals surface area contributed by atoms with Crippen molar-refractivity contribution in [2.75, 3.05) is 14.2 Å². The Kier molecular flexibility index (Phi) is 6.12. The first kappa shape index (κ1) is 16.4. The zero-order valence-corrected chi connectivity index (χ0v) is 11.7. The number of carbonyl (C=O) groups is 3. The van der Waals surface area contributed by atoms with Gasteiger partial charge < -0.3 is 19.9 Å². The third-order valence-electron chi connectivity index (χ3n) is 2.72. The molecule has 0 aliphatic carbocycles. The molecule has 0 radical (unpaired) electrons. The maximum Gasteiger partial charge on any atom is 0.326 e. The second-order valence-corrected chi connectivity index (χ2v) is 4.06. The SMILES string of the molecule is COC(=O)CCC(NC(=O)c1ccncc1OC)C(=O)O. The topological polar surface area (TPSA) is 115 Å². The summed E-state index contributed by atoms with van der Waals surface area (Å²) >= 11 is 0. The summed E-state index contributed by atoms with van der Waals surface area (Å²) in [6, 6.07) is 0.211. The van der Waals surface area contributed by atoms with Crippen LogP contribution in [0, 0.1) is 0 Å². The van der Waals surface area contributed by atoms with E-state index in [1.54, 1.807) is 0 Å². The lowest BCUT2D eigenvalue weighted by molar-refractivity contribution is -0.142. The molecule has 1 atom stereocenters. The van der Waals surface area contributed by atoms with Crippen LogP contribution >= 0.6 is 0 Å². The van der Waals surface area contributed by atoms with Crippen LogP contribution in [0.4, 0.5) is 0 Å². The summed E-state index contributed by atoms with van der Waals surface area (Å²) in [6.45, 7) is 0. The molecule has 8 heteroatoms. The number of amides is 1. The number of aromatic nitrogens is 1. The van der Waals surface area contributed by atoms with E-state index in [2.05, 4.69) is 15.0 Å². The summed E-state index contributed by atoms with van der Waals surface area (Å²) in [7, 11) is 2.58. The smallest absolute Gasteiger partial charge is 0.326 e. The number of hydrogen-bond donors (Lipinski definition) is 2. The zero-order chi connectivity index (χ0) is 15.8. The molecule has 0 spiro atoms. The van der Waals surface area contributed by atoms with E-state index in [0.717, 1.165) is 0 Å². The summed E-state index contributed by atoms with van der Waals surface area (Å²) in [5.41, 5.74) is 0.164. The van der Waals surface area contributed by atoms with Crippen molar-refractivity contribution in [2.24, 2.45) is 0 Å². The molecular formula is C13H16N2O6. The van der Waals surface area contributed by atoms with Crippen molar-refractivity contribution in [3.63, 3.8) is 0 Å². The molecular weight excluding hydrogens is 280 g/mol. The molecule has 0 aliphatic rings. The molecule has 114 valence electrons. The predicted octanol–water partition coefficient (Wildman–Crippen LogP) is 0.226. The lowest BCUT2D eigenvalue weighted by atomic mass is 10.1. The van der Waals surface area contributed by atoms with Crippen LogP contribution in [0.2, 0.25) is 0 Å². The van der Waals surface area contributed by atoms with Crippen molar-refractivity contribution in [3.05, 3.63) is 24.0 Å². The van der Waals surface area contributed by atoms with Crippen molar-refractivity contribution < 1.29 is 29.0 Å². The fraction of sp³-hybridized carbons (Fsp3) is 0.385. The van der Waals surface area contributed by atoms with Gasteiger partial charge in [-0.1, -0.05) is 0 Å². The highest BCUT2D eigenvalue weighted by atomic mass is 16.5. The van der Waals surface area contributed by atoms with Gasteiger partial charge in [0.2, 0.25) is 0 Å². The number of ether oxygens (including phenoxy) is 2. The van der Waals surface area contributed by atoms with E-state index in [4.69, 9.17) is 9.84 Å². The number of carboxylic acid groups (broad SMARTS) is 1. The number of aliphatic carboxylic acids is 1. The number of methoxy groups -OCH3 is 2. The molecule has 8 nitrogen and oxygen atoms in total. The van der Waals surface area contributed by atoms with E-state index in [1.807, 2.05) is 0 Å². The normalized spacial score (nSPS) is 11.3. The van der Waals surface area contributed by atoms with Crippen LogP contribution in [-0.4, -0.2) is 48.2 Å². The van der Waals surface area contributed by atoms with Gasteiger partial charge >= 0.3 is 11.9 Å². The lowest BCUT2D eigenvalue weighted by Gasteiger charge is -2.15. The largest absolute Gasteiger partial charge is 0.494 e. The number of nitrogens with zero attached hydrogens (tertiary/aromatic N) is 1. The quantitative estimate of drug-likeness (QED) is 0.692. The van der Waals surface area contributed by atoms with Gasteiger partial charge in [0.25, 0.3) is 5.91 Å². The van der Waals surface area contributed by atoms with Crippen LogP contribution < -0.4 is 10.1 Å². The highest BCUT2D eigenvalue weighted by Gasteiger charge is 2.23. The molecule has 0 aliphatic heterocycles. The molecule has 1 heterocycles. The van der Waals surface area contributed by atoms with Gasteiger partial charge in [0.1, 0.15) is 11.8 Å². The minimum atomic E-state index is -1.24. The Hall–Kier alpha value is -2.64. The number of hydrogen-bond acceptors (Lipinski definition) is 6. The Morgan fingerprint density at radius 3 is 2.67 bits per heavy atom. The molecule has 0 saturated heterocycles.